The molecule has 1 amide bonds. The molecule has 1 aliphatic heterocycles. The van der Waals surface area contributed by atoms with E-state index >= 15 is 0 Å². The van der Waals surface area contributed by atoms with E-state index in [0.29, 0.717) is 24.6 Å². The Morgan fingerprint density at radius 2 is 1.69 bits per heavy atom. The van der Waals surface area contributed by atoms with Gasteiger partial charge in [0, 0.05) is 19.2 Å². The molecule has 0 aromatic heterocycles. The number of ether oxygens (including phenoxy) is 2. The molecule has 1 unspecified atom stereocenters. The zero-order valence-electron chi connectivity index (χ0n) is 16.6. The van der Waals surface area contributed by atoms with E-state index in [1.54, 1.807) is 4.90 Å². The van der Waals surface area contributed by atoms with Crippen molar-refractivity contribution in [3.05, 3.63) is 54.1 Å². The van der Waals surface area contributed by atoms with Crippen LogP contribution in [0.4, 0.5) is 0 Å². The third kappa shape index (κ3) is 5.07. The predicted molar refractivity (Wildman–Crippen MR) is 110 cm³/mol. The molecule has 0 bridgehead atoms. The SMILES string of the molecule is COc1ccc(S(=O)(=O)NC(Cc2ccccc2)C(=O)N2CCCC2)cc1OC. The van der Waals surface area contributed by atoms with Gasteiger partial charge in [-0.1, -0.05) is 30.3 Å². The Labute approximate surface area is 171 Å². The molecule has 1 saturated heterocycles. The largest absolute Gasteiger partial charge is 0.493 e. The summed E-state index contributed by atoms with van der Waals surface area (Å²) in [6.45, 7) is 1.31. The molecule has 156 valence electrons. The van der Waals surface area contributed by atoms with E-state index in [2.05, 4.69) is 4.72 Å². The number of likely N-dealkylation sites (tertiary alicyclic amines) is 1. The number of benzene rings is 2. The molecular formula is C21H26N2O5S. The van der Waals surface area contributed by atoms with Crippen molar-refractivity contribution in [1.29, 1.82) is 0 Å². The van der Waals surface area contributed by atoms with Gasteiger partial charge in [-0.3, -0.25) is 4.79 Å². The second-order valence-corrected chi connectivity index (χ2v) is 8.63. The number of hydrogen-bond acceptors (Lipinski definition) is 5. The summed E-state index contributed by atoms with van der Waals surface area (Å²) in [6, 6.07) is 12.9. The average molecular weight is 419 g/mol. The normalized spacial score (nSPS) is 15.2. The molecule has 3 rings (SSSR count). The number of amides is 1. The van der Waals surface area contributed by atoms with Gasteiger partial charge in [-0.15, -0.1) is 0 Å². The van der Waals surface area contributed by atoms with Crippen LogP contribution in [0.3, 0.4) is 0 Å². The summed E-state index contributed by atoms with van der Waals surface area (Å²) in [5.41, 5.74) is 0.889. The Bertz CT molecular complexity index is 941. The first kappa shape index (κ1) is 21.1. The number of rotatable bonds is 8. The van der Waals surface area contributed by atoms with Gasteiger partial charge in [-0.2, -0.15) is 4.72 Å². The lowest BCUT2D eigenvalue weighted by Crippen LogP contribution is -2.48. The molecule has 1 fully saturated rings. The first-order valence-corrected chi connectivity index (χ1v) is 11.0. The highest BCUT2D eigenvalue weighted by Gasteiger charge is 2.31. The van der Waals surface area contributed by atoms with Gasteiger partial charge in [0.2, 0.25) is 15.9 Å². The number of nitrogens with one attached hydrogen (secondary N) is 1. The van der Waals surface area contributed by atoms with Crippen molar-refractivity contribution >= 4 is 15.9 Å². The first-order chi connectivity index (χ1) is 13.9. The molecule has 0 radical (unpaired) electrons. The molecule has 0 aliphatic carbocycles. The maximum absolute atomic E-state index is 13.0. The zero-order valence-corrected chi connectivity index (χ0v) is 17.4. The summed E-state index contributed by atoms with van der Waals surface area (Å²) < 4.78 is 39.1. The van der Waals surface area contributed by atoms with Crippen LogP contribution in [0.15, 0.2) is 53.4 Å². The van der Waals surface area contributed by atoms with Crippen LogP contribution in [0.2, 0.25) is 0 Å². The minimum atomic E-state index is -3.94. The fraction of sp³-hybridized carbons (Fsp3) is 0.381. The van der Waals surface area contributed by atoms with E-state index in [4.69, 9.17) is 9.47 Å². The van der Waals surface area contributed by atoms with Crippen molar-refractivity contribution in [2.75, 3.05) is 27.3 Å². The van der Waals surface area contributed by atoms with Gasteiger partial charge in [0.1, 0.15) is 6.04 Å². The molecule has 1 atom stereocenters. The molecule has 1 N–H and O–H groups in total. The van der Waals surface area contributed by atoms with Gasteiger partial charge in [0.25, 0.3) is 0 Å². The molecule has 0 spiro atoms. The van der Waals surface area contributed by atoms with E-state index in [1.165, 1.54) is 32.4 Å². The summed E-state index contributed by atoms with van der Waals surface area (Å²) in [6.07, 6.45) is 2.15. The van der Waals surface area contributed by atoms with Crippen LogP contribution in [0.1, 0.15) is 18.4 Å². The Morgan fingerprint density at radius 3 is 2.31 bits per heavy atom. The second-order valence-electron chi connectivity index (χ2n) is 6.91. The van der Waals surface area contributed by atoms with Gasteiger partial charge >= 0.3 is 0 Å². The summed E-state index contributed by atoms with van der Waals surface area (Å²) in [5.74, 6) is 0.539. The van der Waals surface area contributed by atoms with Crippen molar-refractivity contribution in [3.63, 3.8) is 0 Å². The molecule has 2 aromatic carbocycles. The van der Waals surface area contributed by atoms with Crippen molar-refractivity contribution < 1.29 is 22.7 Å². The molecule has 1 heterocycles. The van der Waals surface area contributed by atoms with Gasteiger partial charge in [-0.25, -0.2) is 8.42 Å². The van der Waals surface area contributed by atoms with Crippen molar-refractivity contribution in [2.24, 2.45) is 0 Å². The Balaban J connectivity index is 1.88. The molecule has 29 heavy (non-hydrogen) atoms. The van der Waals surface area contributed by atoms with Gasteiger partial charge < -0.3 is 14.4 Å². The van der Waals surface area contributed by atoms with Gasteiger partial charge in [0.15, 0.2) is 11.5 Å². The highest BCUT2D eigenvalue weighted by Crippen LogP contribution is 2.29. The molecule has 8 heteroatoms. The third-order valence-electron chi connectivity index (χ3n) is 4.96. The van der Waals surface area contributed by atoms with Crippen LogP contribution in [0.5, 0.6) is 11.5 Å². The highest BCUT2D eigenvalue weighted by atomic mass is 32.2. The van der Waals surface area contributed by atoms with E-state index in [1.807, 2.05) is 30.3 Å². The third-order valence-corrected chi connectivity index (χ3v) is 6.43. The summed E-state index contributed by atoms with van der Waals surface area (Å²) in [5, 5.41) is 0. The van der Waals surface area contributed by atoms with Crippen LogP contribution in [-0.4, -0.2) is 52.6 Å². The molecular weight excluding hydrogens is 392 g/mol. The summed E-state index contributed by atoms with van der Waals surface area (Å²) >= 11 is 0. The number of sulfonamides is 1. The second kappa shape index (κ2) is 9.28. The Hall–Kier alpha value is -2.58. The average Bonchev–Trinajstić information content (AvgIpc) is 3.27. The number of carbonyl (C=O) groups excluding carboxylic acids is 1. The molecule has 0 saturated carbocycles. The summed E-state index contributed by atoms with van der Waals surface area (Å²) in [7, 11) is -1.02. The van der Waals surface area contributed by atoms with Crippen LogP contribution < -0.4 is 14.2 Å². The maximum atomic E-state index is 13.0. The standard InChI is InChI=1S/C21H26N2O5S/c1-27-19-11-10-17(15-20(19)28-2)29(25,26)22-18(14-16-8-4-3-5-9-16)21(24)23-12-6-7-13-23/h3-5,8-11,15,18,22H,6-7,12-14H2,1-2H3. The quantitative estimate of drug-likeness (QED) is 0.711. The lowest BCUT2D eigenvalue weighted by atomic mass is 10.1. The number of hydrogen-bond donors (Lipinski definition) is 1. The summed E-state index contributed by atoms with van der Waals surface area (Å²) in [4.78, 5) is 14.8. The van der Waals surface area contributed by atoms with Crippen molar-refractivity contribution in [2.45, 2.75) is 30.2 Å². The number of methoxy groups -OCH3 is 2. The monoisotopic (exact) mass is 418 g/mol. The lowest BCUT2D eigenvalue weighted by Gasteiger charge is -2.24. The topological polar surface area (TPSA) is 84.9 Å². The van der Waals surface area contributed by atoms with Gasteiger partial charge in [-0.05, 0) is 37.0 Å². The predicted octanol–water partition coefficient (Wildman–Crippen LogP) is 2.22. The highest BCUT2D eigenvalue weighted by molar-refractivity contribution is 7.89. The first-order valence-electron chi connectivity index (χ1n) is 9.51. The smallest absolute Gasteiger partial charge is 0.241 e. The lowest BCUT2D eigenvalue weighted by molar-refractivity contribution is -0.131. The Morgan fingerprint density at radius 1 is 1.03 bits per heavy atom. The Kier molecular flexibility index (Phi) is 6.76. The fourth-order valence-electron chi connectivity index (χ4n) is 3.43. The molecule has 1 aliphatic rings. The van der Waals surface area contributed by atoms with Crippen molar-refractivity contribution in [3.8, 4) is 11.5 Å². The maximum Gasteiger partial charge on any atom is 0.241 e. The van der Waals surface area contributed by atoms with Crippen LogP contribution in [0, 0.1) is 0 Å². The van der Waals surface area contributed by atoms with Crippen LogP contribution in [-0.2, 0) is 21.2 Å². The van der Waals surface area contributed by atoms with Crippen LogP contribution >= 0.6 is 0 Å². The minimum Gasteiger partial charge on any atom is -0.493 e. The molecule has 7 nitrogen and oxygen atoms in total. The molecule has 2 aromatic rings. The minimum absolute atomic E-state index is 0.0161. The number of carbonyl (C=O) groups is 1. The van der Waals surface area contributed by atoms with Crippen molar-refractivity contribution in [1.82, 2.24) is 9.62 Å². The fourth-order valence-corrected chi connectivity index (χ4v) is 4.63. The number of nitrogens with zero attached hydrogens (tertiary/aromatic N) is 1. The van der Waals surface area contributed by atoms with E-state index in [9.17, 15) is 13.2 Å². The van der Waals surface area contributed by atoms with Crippen LogP contribution in [0.25, 0.3) is 0 Å². The zero-order chi connectivity index (χ0) is 20.9. The van der Waals surface area contributed by atoms with E-state index < -0.39 is 16.1 Å². The van der Waals surface area contributed by atoms with E-state index in [0.717, 1.165) is 18.4 Å². The van der Waals surface area contributed by atoms with E-state index in [-0.39, 0.29) is 17.2 Å². The van der Waals surface area contributed by atoms with Gasteiger partial charge in [0.05, 0.1) is 19.1 Å².